The second kappa shape index (κ2) is 9.64. The molecular weight excluding hydrogens is 378 g/mol. The number of hydrogen-bond donors (Lipinski definition) is 3. The Morgan fingerprint density at radius 2 is 1.97 bits per heavy atom. The normalized spacial score (nSPS) is 15.5. The zero-order chi connectivity index (χ0) is 21.6. The number of nitrogens with one attached hydrogen (secondary N) is 2. The highest BCUT2D eigenvalue weighted by Crippen LogP contribution is 2.34. The third-order valence-corrected chi connectivity index (χ3v) is 5.74. The molecule has 6 nitrogen and oxygen atoms in total. The van der Waals surface area contributed by atoms with Crippen LogP contribution >= 0.6 is 0 Å². The van der Waals surface area contributed by atoms with Gasteiger partial charge in [0.1, 0.15) is 5.75 Å². The zero-order valence-corrected chi connectivity index (χ0v) is 17.6. The lowest BCUT2D eigenvalue weighted by Gasteiger charge is -2.32. The number of hydrogen-bond acceptors (Lipinski definition) is 5. The highest BCUT2D eigenvalue weighted by molar-refractivity contribution is 5.85. The van der Waals surface area contributed by atoms with E-state index in [2.05, 4.69) is 16.7 Å². The van der Waals surface area contributed by atoms with E-state index in [0.29, 0.717) is 48.2 Å². The SMILES string of the molecule is CCOc1cc(CNC2CCC2)cc(C(CC)(Nc2ccc(C#N)cc2)C(=O)O)c1. The number of aliphatic carboxylic acids is 1. The molecule has 0 bridgehead atoms. The van der Waals surface area contributed by atoms with E-state index in [9.17, 15) is 9.90 Å². The molecule has 0 aliphatic heterocycles. The number of carboxylic acids is 1. The van der Waals surface area contributed by atoms with Crippen molar-refractivity contribution >= 4 is 11.7 Å². The second-order valence-electron chi connectivity index (χ2n) is 7.69. The van der Waals surface area contributed by atoms with Gasteiger partial charge in [0.15, 0.2) is 5.54 Å². The molecule has 0 radical (unpaired) electrons. The molecule has 30 heavy (non-hydrogen) atoms. The molecule has 1 aliphatic rings. The van der Waals surface area contributed by atoms with Crippen LogP contribution < -0.4 is 15.4 Å². The number of carbonyl (C=O) groups is 1. The summed E-state index contributed by atoms with van der Waals surface area (Å²) in [5.74, 6) is -0.290. The summed E-state index contributed by atoms with van der Waals surface area (Å²) >= 11 is 0. The zero-order valence-electron chi connectivity index (χ0n) is 17.6. The largest absolute Gasteiger partial charge is 0.494 e. The highest BCUT2D eigenvalue weighted by Gasteiger charge is 2.39. The fourth-order valence-corrected chi connectivity index (χ4v) is 3.70. The first-order valence-corrected chi connectivity index (χ1v) is 10.5. The van der Waals surface area contributed by atoms with Crippen LogP contribution in [0.2, 0.25) is 0 Å². The van der Waals surface area contributed by atoms with E-state index in [1.54, 1.807) is 24.3 Å². The average Bonchev–Trinajstić information content (AvgIpc) is 2.71. The van der Waals surface area contributed by atoms with Gasteiger partial charge >= 0.3 is 5.97 Å². The number of nitrogens with zero attached hydrogens (tertiary/aromatic N) is 1. The lowest BCUT2D eigenvalue weighted by atomic mass is 9.85. The monoisotopic (exact) mass is 407 g/mol. The lowest BCUT2D eigenvalue weighted by molar-refractivity contribution is -0.142. The van der Waals surface area contributed by atoms with Crippen molar-refractivity contribution < 1.29 is 14.6 Å². The molecule has 6 heteroatoms. The van der Waals surface area contributed by atoms with E-state index < -0.39 is 11.5 Å². The maximum atomic E-state index is 12.5. The van der Waals surface area contributed by atoms with E-state index in [-0.39, 0.29) is 0 Å². The van der Waals surface area contributed by atoms with Crippen molar-refractivity contribution in [3.63, 3.8) is 0 Å². The number of nitriles is 1. The Bertz CT molecular complexity index is 916. The molecule has 0 aromatic heterocycles. The Hall–Kier alpha value is -3.04. The summed E-state index contributed by atoms with van der Waals surface area (Å²) in [6.07, 6.45) is 3.97. The Morgan fingerprint density at radius 1 is 1.23 bits per heavy atom. The fraction of sp³-hybridized carbons (Fsp3) is 0.417. The summed E-state index contributed by atoms with van der Waals surface area (Å²) in [6.45, 7) is 4.95. The van der Waals surface area contributed by atoms with Crippen molar-refractivity contribution in [2.75, 3.05) is 11.9 Å². The molecule has 158 valence electrons. The van der Waals surface area contributed by atoms with E-state index in [1.807, 2.05) is 32.0 Å². The number of benzene rings is 2. The Morgan fingerprint density at radius 3 is 2.50 bits per heavy atom. The first kappa shape index (κ1) is 21.7. The van der Waals surface area contributed by atoms with Gasteiger partial charge in [0.25, 0.3) is 0 Å². The van der Waals surface area contributed by atoms with Gasteiger partial charge in [-0.25, -0.2) is 4.79 Å². The van der Waals surface area contributed by atoms with Crippen LogP contribution in [0.5, 0.6) is 5.75 Å². The molecule has 1 aliphatic carbocycles. The summed E-state index contributed by atoms with van der Waals surface area (Å²) in [4.78, 5) is 12.5. The molecule has 1 atom stereocenters. The van der Waals surface area contributed by atoms with Crippen molar-refractivity contribution in [3.05, 3.63) is 59.2 Å². The lowest BCUT2D eigenvalue weighted by Crippen LogP contribution is -2.43. The van der Waals surface area contributed by atoms with Crippen LogP contribution in [-0.4, -0.2) is 23.7 Å². The minimum absolute atomic E-state index is 0.341. The Balaban J connectivity index is 1.96. The van der Waals surface area contributed by atoms with Gasteiger partial charge in [0.05, 0.1) is 18.2 Å². The maximum Gasteiger partial charge on any atom is 0.334 e. The molecule has 2 aromatic rings. The smallest absolute Gasteiger partial charge is 0.334 e. The average molecular weight is 408 g/mol. The summed E-state index contributed by atoms with van der Waals surface area (Å²) in [5, 5.41) is 26.0. The van der Waals surface area contributed by atoms with Crippen molar-refractivity contribution in [3.8, 4) is 11.8 Å². The van der Waals surface area contributed by atoms with Crippen molar-refractivity contribution in [2.24, 2.45) is 0 Å². The summed E-state index contributed by atoms with van der Waals surface area (Å²) in [7, 11) is 0. The first-order valence-electron chi connectivity index (χ1n) is 10.5. The second-order valence-corrected chi connectivity index (χ2v) is 7.69. The van der Waals surface area contributed by atoms with Crippen LogP contribution in [0.4, 0.5) is 5.69 Å². The third kappa shape index (κ3) is 4.74. The quantitative estimate of drug-likeness (QED) is 0.540. The predicted molar refractivity (Wildman–Crippen MR) is 116 cm³/mol. The van der Waals surface area contributed by atoms with Crippen LogP contribution in [0.3, 0.4) is 0 Å². The first-order chi connectivity index (χ1) is 14.5. The number of rotatable bonds is 10. The van der Waals surface area contributed by atoms with Gasteiger partial charge in [-0.15, -0.1) is 0 Å². The molecule has 0 amide bonds. The molecule has 0 heterocycles. The molecule has 1 unspecified atom stereocenters. The van der Waals surface area contributed by atoms with Gasteiger partial charge in [-0.2, -0.15) is 5.26 Å². The van der Waals surface area contributed by atoms with E-state index in [0.717, 1.165) is 5.56 Å². The summed E-state index contributed by atoms with van der Waals surface area (Å²) < 4.78 is 5.75. The van der Waals surface area contributed by atoms with Crippen molar-refractivity contribution in [1.29, 1.82) is 5.26 Å². The standard InChI is InChI=1S/C24H29N3O3/c1-3-24(23(28)29,27-21-10-8-17(15-25)9-11-21)19-12-18(13-22(14-19)30-4-2)16-26-20-6-5-7-20/h8-14,20,26-27H,3-7,16H2,1-2H3,(H,28,29). The molecule has 0 spiro atoms. The third-order valence-electron chi connectivity index (χ3n) is 5.74. The van der Waals surface area contributed by atoms with Gasteiger partial charge in [-0.1, -0.05) is 19.4 Å². The van der Waals surface area contributed by atoms with Crippen LogP contribution in [0.15, 0.2) is 42.5 Å². The Labute approximate surface area is 177 Å². The van der Waals surface area contributed by atoms with E-state index in [4.69, 9.17) is 10.00 Å². The minimum atomic E-state index is -1.31. The molecule has 2 aromatic carbocycles. The number of anilines is 1. The molecule has 0 saturated heterocycles. The number of ether oxygens (including phenoxy) is 1. The van der Waals surface area contributed by atoms with Crippen LogP contribution in [0.1, 0.15) is 56.2 Å². The fourth-order valence-electron chi connectivity index (χ4n) is 3.70. The van der Waals surface area contributed by atoms with Crippen LogP contribution in [0.25, 0.3) is 0 Å². The molecule has 1 fully saturated rings. The van der Waals surface area contributed by atoms with Gasteiger partial charge in [0.2, 0.25) is 0 Å². The molecule has 3 N–H and O–H groups in total. The van der Waals surface area contributed by atoms with E-state index in [1.165, 1.54) is 19.3 Å². The maximum absolute atomic E-state index is 12.5. The van der Waals surface area contributed by atoms with E-state index >= 15 is 0 Å². The van der Waals surface area contributed by atoms with Gasteiger partial charge in [-0.05, 0) is 73.7 Å². The van der Waals surface area contributed by atoms with Crippen LogP contribution in [-0.2, 0) is 16.9 Å². The summed E-state index contributed by atoms with van der Waals surface area (Å²) in [6, 6.07) is 15.2. The predicted octanol–water partition coefficient (Wildman–Crippen LogP) is 4.40. The topological polar surface area (TPSA) is 94.4 Å². The number of carboxylic acid groups (broad SMARTS) is 1. The highest BCUT2D eigenvalue weighted by atomic mass is 16.5. The van der Waals surface area contributed by atoms with Gasteiger partial charge < -0.3 is 20.5 Å². The summed E-state index contributed by atoms with van der Waals surface area (Å²) in [5.41, 5.74) is 1.52. The van der Waals surface area contributed by atoms with Gasteiger partial charge in [0, 0.05) is 18.3 Å². The van der Waals surface area contributed by atoms with Crippen molar-refractivity contribution in [2.45, 2.75) is 57.7 Å². The molecule has 1 saturated carbocycles. The Kier molecular flexibility index (Phi) is 6.96. The molecule has 3 rings (SSSR count). The van der Waals surface area contributed by atoms with Crippen molar-refractivity contribution in [1.82, 2.24) is 5.32 Å². The van der Waals surface area contributed by atoms with Gasteiger partial charge in [-0.3, -0.25) is 0 Å². The molecular formula is C24H29N3O3. The minimum Gasteiger partial charge on any atom is -0.494 e. The van der Waals surface area contributed by atoms with Crippen LogP contribution in [0, 0.1) is 11.3 Å².